The zero-order chi connectivity index (χ0) is 18.9. The van der Waals surface area contributed by atoms with Gasteiger partial charge in [0.15, 0.2) is 5.78 Å². The van der Waals surface area contributed by atoms with E-state index in [0.29, 0.717) is 17.1 Å². The van der Waals surface area contributed by atoms with E-state index in [0.717, 1.165) is 45.1 Å². The number of likely N-dealkylation sites (tertiary alicyclic amines) is 1. The van der Waals surface area contributed by atoms with E-state index in [1.54, 1.807) is 18.4 Å². The summed E-state index contributed by atoms with van der Waals surface area (Å²) in [6.45, 7) is 3.29. The fourth-order valence-electron chi connectivity index (χ4n) is 3.05. The first-order valence-electron chi connectivity index (χ1n) is 8.65. The first kappa shape index (κ1) is 20.4. The van der Waals surface area contributed by atoms with Crippen molar-refractivity contribution >= 4 is 17.5 Å². The predicted molar refractivity (Wildman–Crippen MR) is 101 cm³/mol. The van der Waals surface area contributed by atoms with Gasteiger partial charge in [-0.25, -0.2) is 4.39 Å². The number of hydrogen-bond acceptors (Lipinski definition) is 6. The van der Waals surface area contributed by atoms with Gasteiger partial charge in [-0.2, -0.15) is 0 Å². The molecule has 0 spiro atoms. The summed E-state index contributed by atoms with van der Waals surface area (Å²) in [6.07, 6.45) is 5.27. The first-order chi connectivity index (χ1) is 12.5. The molecule has 0 radical (unpaired) electrons. The van der Waals surface area contributed by atoms with Crippen molar-refractivity contribution in [1.29, 1.82) is 0 Å². The van der Waals surface area contributed by atoms with E-state index in [9.17, 15) is 19.3 Å². The van der Waals surface area contributed by atoms with Crippen LogP contribution >= 0.6 is 11.8 Å². The van der Waals surface area contributed by atoms with Crippen LogP contribution in [0.2, 0.25) is 0 Å². The van der Waals surface area contributed by atoms with Crippen LogP contribution in [0.15, 0.2) is 35.5 Å². The van der Waals surface area contributed by atoms with Gasteiger partial charge in [0.05, 0.1) is 4.92 Å². The lowest BCUT2D eigenvalue weighted by molar-refractivity contribution is -0.403. The van der Waals surface area contributed by atoms with Crippen LogP contribution in [-0.4, -0.2) is 48.0 Å². The van der Waals surface area contributed by atoms with Gasteiger partial charge in [0.2, 0.25) is 0 Å². The Morgan fingerprint density at radius 3 is 2.62 bits per heavy atom. The molecule has 1 aliphatic rings. The topological polar surface area (TPSA) is 75.5 Å². The maximum absolute atomic E-state index is 13.0. The molecule has 1 heterocycles. The van der Waals surface area contributed by atoms with Crippen molar-refractivity contribution in [1.82, 2.24) is 10.2 Å². The molecule has 0 amide bonds. The molecule has 0 unspecified atom stereocenters. The molecule has 0 aliphatic carbocycles. The summed E-state index contributed by atoms with van der Waals surface area (Å²) >= 11 is 1.32. The van der Waals surface area contributed by atoms with Gasteiger partial charge in [-0.3, -0.25) is 14.9 Å². The maximum atomic E-state index is 13.0. The highest BCUT2D eigenvalue weighted by molar-refractivity contribution is 8.02. The van der Waals surface area contributed by atoms with Crippen molar-refractivity contribution in [3.05, 3.63) is 57.0 Å². The molecular formula is C18H24FN3O3S. The van der Waals surface area contributed by atoms with Crippen LogP contribution in [0, 0.1) is 21.8 Å². The summed E-state index contributed by atoms with van der Waals surface area (Å²) in [5.74, 6) is -0.232. The lowest BCUT2D eigenvalue weighted by Crippen LogP contribution is -2.37. The number of nitrogens with one attached hydrogen (secondary N) is 1. The average Bonchev–Trinajstić information content (AvgIpc) is 2.64. The lowest BCUT2D eigenvalue weighted by Gasteiger charge is -2.31. The molecule has 0 saturated carbocycles. The number of rotatable bonds is 9. The molecule has 142 valence electrons. The van der Waals surface area contributed by atoms with Gasteiger partial charge in [-0.1, -0.05) is 0 Å². The Balaban J connectivity index is 1.69. The predicted octanol–water partition coefficient (Wildman–Crippen LogP) is 3.14. The number of halogens is 1. The standard InChI is InChI=1S/C18H24FN3O3S/c1-26-17(13-22(24)25)20-9-2-10-21-11-7-15(8-12-21)18(23)14-3-5-16(19)6-4-14/h3-6,13,15,20H,2,7-12H2,1H3. The smallest absolute Gasteiger partial charge is 0.263 e. The van der Waals surface area contributed by atoms with Crippen molar-refractivity contribution in [2.24, 2.45) is 5.92 Å². The minimum Gasteiger partial charge on any atom is -0.375 e. The Hall–Kier alpha value is -1.93. The lowest BCUT2D eigenvalue weighted by atomic mass is 9.89. The van der Waals surface area contributed by atoms with Crippen LogP contribution in [0.25, 0.3) is 0 Å². The summed E-state index contributed by atoms with van der Waals surface area (Å²) in [5, 5.41) is 14.1. The molecule has 26 heavy (non-hydrogen) atoms. The number of carbonyl (C=O) groups excluding carboxylic acids is 1. The van der Waals surface area contributed by atoms with Gasteiger partial charge in [0.25, 0.3) is 6.20 Å². The van der Waals surface area contributed by atoms with E-state index in [-0.39, 0.29) is 17.5 Å². The molecule has 1 N–H and O–H groups in total. The Labute approximate surface area is 157 Å². The number of carbonyl (C=O) groups is 1. The van der Waals surface area contributed by atoms with Crippen molar-refractivity contribution in [2.75, 3.05) is 32.4 Å². The molecule has 0 aromatic heterocycles. The van der Waals surface area contributed by atoms with Crippen LogP contribution in [0.1, 0.15) is 29.6 Å². The van der Waals surface area contributed by atoms with E-state index < -0.39 is 4.92 Å². The third-order valence-electron chi connectivity index (χ3n) is 4.48. The van der Waals surface area contributed by atoms with Crippen LogP contribution in [0.4, 0.5) is 4.39 Å². The highest BCUT2D eigenvalue weighted by Crippen LogP contribution is 2.22. The molecule has 1 saturated heterocycles. The van der Waals surface area contributed by atoms with Crippen LogP contribution in [0.3, 0.4) is 0 Å². The number of ketones is 1. The van der Waals surface area contributed by atoms with Gasteiger partial charge in [-0.05, 0) is 69.4 Å². The van der Waals surface area contributed by atoms with Gasteiger partial charge in [0, 0.05) is 18.0 Å². The van der Waals surface area contributed by atoms with Crippen molar-refractivity contribution in [3.63, 3.8) is 0 Å². The molecule has 2 rings (SSSR count). The summed E-state index contributed by atoms with van der Waals surface area (Å²) in [6, 6.07) is 5.76. The van der Waals surface area contributed by atoms with Crippen LogP contribution in [-0.2, 0) is 0 Å². The number of nitro groups is 1. The summed E-state index contributed by atoms with van der Waals surface area (Å²) < 4.78 is 13.0. The van der Waals surface area contributed by atoms with Crippen molar-refractivity contribution < 1.29 is 14.1 Å². The normalized spacial score (nSPS) is 16.5. The molecule has 1 fully saturated rings. The molecule has 1 aromatic carbocycles. The third-order valence-corrected chi connectivity index (χ3v) is 5.17. The molecule has 8 heteroatoms. The summed E-state index contributed by atoms with van der Waals surface area (Å²) in [7, 11) is 0. The summed E-state index contributed by atoms with van der Waals surface area (Å²) in [5.41, 5.74) is 0.580. The van der Waals surface area contributed by atoms with E-state index in [4.69, 9.17) is 0 Å². The molecule has 0 bridgehead atoms. The SMILES string of the molecule is CSC(=C[N+](=O)[O-])NCCCN1CCC(C(=O)c2ccc(F)cc2)CC1. The van der Waals surface area contributed by atoms with E-state index in [1.165, 1.54) is 23.9 Å². The van der Waals surface area contributed by atoms with E-state index in [2.05, 4.69) is 10.2 Å². The monoisotopic (exact) mass is 381 g/mol. The van der Waals surface area contributed by atoms with Gasteiger partial charge >= 0.3 is 0 Å². The minimum atomic E-state index is -0.457. The fraction of sp³-hybridized carbons (Fsp3) is 0.500. The summed E-state index contributed by atoms with van der Waals surface area (Å²) in [4.78, 5) is 24.8. The first-order valence-corrected chi connectivity index (χ1v) is 9.87. The molecular weight excluding hydrogens is 357 g/mol. The van der Waals surface area contributed by atoms with Gasteiger partial charge < -0.3 is 10.2 Å². The van der Waals surface area contributed by atoms with E-state index >= 15 is 0 Å². The van der Waals surface area contributed by atoms with Gasteiger partial charge in [-0.15, -0.1) is 11.8 Å². The van der Waals surface area contributed by atoms with Crippen molar-refractivity contribution in [2.45, 2.75) is 19.3 Å². The number of Topliss-reactive ketones (excluding diaryl/α,β-unsaturated/α-hetero) is 1. The zero-order valence-electron chi connectivity index (χ0n) is 14.8. The average molecular weight is 381 g/mol. The number of benzene rings is 1. The van der Waals surface area contributed by atoms with E-state index in [1.807, 2.05) is 0 Å². The van der Waals surface area contributed by atoms with Gasteiger partial charge in [0.1, 0.15) is 10.8 Å². The molecule has 6 nitrogen and oxygen atoms in total. The molecule has 0 atom stereocenters. The second-order valence-corrected chi connectivity index (χ2v) is 7.10. The fourth-order valence-corrected chi connectivity index (χ4v) is 3.49. The van der Waals surface area contributed by atoms with Crippen LogP contribution < -0.4 is 5.32 Å². The largest absolute Gasteiger partial charge is 0.375 e. The Kier molecular flexibility index (Phi) is 8.06. The van der Waals surface area contributed by atoms with Crippen molar-refractivity contribution in [3.8, 4) is 0 Å². The number of thioether (sulfide) groups is 1. The number of hydrogen-bond donors (Lipinski definition) is 1. The highest BCUT2D eigenvalue weighted by atomic mass is 32.2. The Morgan fingerprint density at radius 1 is 1.38 bits per heavy atom. The number of piperidine rings is 1. The van der Waals surface area contributed by atoms with Crippen LogP contribution in [0.5, 0.6) is 0 Å². The Bertz CT molecular complexity index is 644. The second kappa shape index (κ2) is 10.3. The molecule has 1 aliphatic heterocycles. The quantitative estimate of drug-likeness (QED) is 0.307. The maximum Gasteiger partial charge on any atom is 0.263 e. The minimum absolute atomic E-state index is 0.000884. The second-order valence-electron chi connectivity index (χ2n) is 6.25. The third kappa shape index (κ3) is 6.42. The number of nitrogens with zero attached hydrogens (tertiary/aromatic N) is 2. The Morgan fingerprint density at radius 2 is 2.04 bits per heavy atom. The highest BCUT2D eigenvalue weighted by Gasteiger charge is 2.25. The zero-order valence-corrected chi connectivity index (χ0v) is 15.6. The molecule has 1 aromatic rings.